The van der Waals surface area contributed by atoms with Crippen LogP contribution in [-0.4, -0.2) is 71.6 Å². The minimum atomic E-state index is -3.65. The second kappa shape index (κ2) is 11.8. The van der Waals surface area contributed by atoms with Gasteiger partial charge in [0.1, 0.15) is 5.75 Å². The quantitative estimate of drug-likeness (QED) is 0.530. The van der Waals surface area contributed by atoms with Crippen LogP contribution in [0.1, 0.15) is 13.3 Å². The Bertz CT molecular complexity index is 944. The van der Waals surface area contributed by atoms with Crippen LogP contribution in [0, 0.1) is 0 Å². The Morgan fingerprint density at radius 1 is 0.969 bits per heavy atom. The fourth-order valence-electron chi connectivity index (χ4n) is 3.57. The van der Waals surface area contributed by atoms with Gasteiger partial charge in [-0.15, -0.1) is 0 Å². The van der Waals surface area contributed by atoms with Crippen LogP contribution < -0.4 is 19.7 Å². The predicted molar refractivity (Wildman–Crippen MR) is 126 cm³/mol. The third kappa shape index (κ3) is 7.22. The molecule has 0 saturated carbocycles. The van der Waals surface area contributed by atoms with Crippen LogP contribution in [0.15, 0.2) is 59.5 Å². The molecule has 1 heterocycles. The van der Waals surface area contributed by atoms with Crippen LogP contribution in [0.2, 0.25) is 0 Å². The summed E-state index contributed by atoms with van der Waals surface area (Å²) in [5.41, 5.74) is 1.24. The molecule has 9 heteroatoms. The highest BCUT2D eigenvalue weighted by atomic mass is 32.2. The molecule has 0 radical (unpaired) electrons. The van der Waals surface area contributed by atoms with Crippen molar-refractivity contribution in [3.05, 3.63) is 54.6 Å². The third-order valence-electron chi connectivity index (χ3n) is 5.33. The van der Waals surface area contributed by atoms with Gasteiger partial charge >= 0.3 is 0 Å². The summed E-state index contributed by atoms with van der Waals surface area (Å²) in [6.45, 7) is 7.60. The molecule has 1 amide bonds. The van der Waals surface area contributed by atoms with Crippen molar-refractivity contribution in [1.82, 2.24) is 14.9 Å². The first kappa shape index (κ1) is 24.0. The summed E-state index contributed by atoms with van der Waals surface area (Å²) in [5.74, 6) is 0.453. The molecule has 0 bridgehead atoms. The van der Waals surface area contributed by atoms with Gasteiger partial charge in [-0.3, -0.25) is 9.69 Å². The molecule has 2 aromatic rings. The van der Waals surface area contributed by atoms with E-state index in [4.69, 9.17) is 4.74 Å². The summed E-state index contributed by atoms with van der Waals surface area (Å²) in [5, 5.41) is 2.87. The third-order valence-corrected chi connectivity index (χ3v) is 6.81. The molecule has 1 saturated heterocycles. The molecule has 0 atom stereocenters. The summed E-state index contributed by atoms with van der Waals surface area (Å²) in [6.07, 6.45) is 0.0953. The lowest BCUT2D eigenvalue weighted by Gasteiger charge is -2.36. The Morgan fingerprint density at radius 3 is 2.31 bits per heavy atom. The second-order valence-corrected chi connectivity index (χ2v) is 9.33. The number of nitrogens with zero attached hydrogens (tertiary/aromatic N) is 2. The average Bonchev–Trinajstić information content (AvgIpc) is 2.81. The largest absolute Gasteiger partial charge is 0.494 e. The van der Waals surface area contributed by atoms with Gasteiger partial charge in [0, 0.05) is 57.9 Å². The molecular formula is C23H32N4O4S. The molecule has 3 rings (SSSR count). The lowest BCUT2D eigenvalue weighted by molar-refractivity contribution is -0.120. The number of piperazine rings is 1. The van der Waals surface area contributed by atoms with Crippen LogP contribution in [0.25, 0.3) is 0 Å². The number of hydrogen-bond donors (Lipinski definition) is 2. The van der Waals surface area contributed by atoms with E-state index in [0.29, 0.717) is 18.9 Å². The topological polar surface area (TPSA) is 91.0 Å². The zero-order valence-electron chi connectivity index (χ0n) is 18.5. The van der Waals surface area contributed by atoms with Gasteiger partial charge in [-0.05, 0) is 43.3 Å². The van der Waals surface area contributed by atoms with Crippen molar-refractivity contribution in [1.29, 1.82) is 0 Å². The van der Waals surface area contributed by atoms with E-state index in [1.165, 1.54) is 17.8 Å². The van der Waals surface area contributed by atoms with Gasteiger partial charge in [0.05, 0.1) is 11.5 Å². The van der Waals surface area contributed by atoms with E-state index in [-0.39, 0.29) is 23.8 Å². The summed E-state index contributed by atoms with van der Waals surface area (Å²) < 4.78 is 32.5. The molecular weight excluding hydrogens is 428 g/mol. The minimum Gasteiger partial charge on any atom is -0.494 e. The molecule has 174 valence electrons. The van der Waals surface area contributed by atoms with E-state index >= 15 is 0 Å². The van der Waals surface area contributed by atoms with Crippen molar-refractivity contribution < 1.29 is 17.9 Å². The van der Waals surface area contributed by atoms with Crippen molar-refractivity contribution in [2.45, 2.75) is 18.2 Å². The Labute approximate surface area is 190 Å². The molecule has 2 N–H and O–H groups in total. The highest BCUT2D eigenvalue weighted by Crippen LogP contribution is 2.16. The first-order valence-corrected chi connectivity index (χ1v) is 12.5. The number of ether oxygens (including phenoxy) is 1. The summed E-state index contributed by atoms with van der Waals surface area (Å²) >= 11 is 0. The Balaban J connectivity index is 1.31. The number of para-hydroxylation sites is 1. The Morgan fingerprint density at radius 2 is 1.66 bits per heavy atom. The first-order chi connectivity index (χ1) is 15.5. The van der Waals surface area contributed by atoms with Crippen molar-refractivity contribution in [2.75, 3.05) is 57.3 Å². The van der Waals surface area contributed by atoms with Gasteiger partial charge in [-0.2, -0.15) is 0 Å². The first-order valence-electron chi connectivity index (χ1n) is 11.0. The second-order valence-electron chi connectivity index (χ2n) is 7.57. The number of benzene rings is 2. The van der Waals surface area contributed by atoms with Gasteiger partial charge in [0.15, 0.2) is 0 Å². The maximum Gasteiger partial charge on any atom is 0.240 e. The van der Waals surface area contributed by atoms with Crippen LogP contribution in [-0.2, 0) is 14.8 Å². The molecule has 1 fully saturated rings. The molecule has 0 unspecified atom stereocenters. The number of anilines is 1. The van der Waals surface area contributed by atoms with Crippen molar-refractivity contribution in [3.63, 3.8) is 0 Å². The predicted octanol–water partition coefficient (Wildman–Crippen LogP) is 1.69. The zero-order valence-corrected chi connectivity index (χ0v) is 19.3. The van der Waals surface area contributed by atoms with Gasteiger partial charge in [-0.25, -0.2) is 13.1 Å². The van der Waals surface area contributed by atoms with Crippen LogP contribution in [0.3, 0.4) is 0 Å². The van der Waals surface area contributed by atoms with Gasteiger partial charge in [-0.1, -0.05) is 18.2 Å². The zero-order chi connectivity index (χ0) is 22.8. The maximum absolute atomic E-state index is 12.3. The summed E-state index contributed by atoms with van der Waals surface area (Å²) in [6, 6.07) is 16.6. The average molecular weight is 461 g/mol. The number of hydrogen-bond acceptors (Lipinski definition) is 6. The Hall–Kier alpha value is -2.62. The molecule has 2 aromatic carbocycles. The summed E-state index contributed by atoms with van der Waals surface area (Å²) in [4.78, 5) is 16.9. The molecule has 0 spiro atoms. The highest BCUT2D eigenvalue weighted by Gasteiger charge is 2.17. The fraction of sp³-hybridized carbons (Fsp3) is 0.435. The number of carbonyl (C=O) groups is 1. The molecule has 0 aliphatic carbocycles. The van der Waals surface area contributed by atoms with Crippen molar-refractivity contribution in [3.8, 4) is 5.75 Å². The number of nitrogens with one attached hydrogen (secondary N) is 2. The number of amides is 1. The van der Waals surface area contributed by atoms with Crippen molar-refractivity contribution >= 4 is 21.6 Å². The number of carbonyl (C=O) groups excluding carboxylic acids is 1. The van der Waals surface area contributed by atoms with Gasteiger partial charge in [0.25, 0.3) is 0 Å². The lowest BCUT2D eigenvalue weighted by atomic mass is 10.2. The van der Waals surface area contributed by atoms with Crippen molar-refractivity contribution in [2.24, 2.45) is 0 Å². The standard InChI is InChI=1S/C23H32N4O4S/c1-2-31-21-8-10-22(11-9-21)32(29,30)25-13-12-23(28)24-14-15-26-16-18-27(19-17-26)20-6-4-3-5-7-20/h3-11,25H,2,12-19H2,1H3,(H,24,28). The Kier molecular flexibility index (Phi) is 8.90. The normalized spacial score (nSPS) is 14.8. The van der Waals surface area contributed by atoms with E-state index in [1.54, 1.807) is 12.1 Å². The number of sulfonamides is 1. The van der Waals surface area contributed by atoms with E-state index in [9.17, 15) is 13.2 Å². The highest BCUT2D eigenvalue weighted by molar-refractivity contribution is 7.89. The van der Waals surface area contributed by atoms with Gasteiger partial charge in [0.2, 0.25) is 15.9 Å². The number of rotatable bonds is 11. The van der Waals surface area contributed by atoms with Crippen LogP contribution in [0.4, 0.5) is 5.69 Å². The molecule has 1 aliphatic heterocycles. The molecule has 0 aromatic heterocycles. The lowest BCUT2D eigenvalue weighted by Crippen LogP contribution is -2.48. The van der Waals surface area contributed by atoms with Gasteiger partial charge < -0.3 is 15.0 Å². The smallest absolute Gasteiger partial charge is 0.240 e. The van der Waals surface area contributed by atoms with E-state index in [0.717, 1.165) is 32.7 Å². The SMILES string of the molecule is CCOc1ccc(S(=O)(=O)NCCC(=O)NCCN2CCN(c3ccccc3)CC2)cc1. The van der Waals surface area contributed by atoms with E-state index in [2.05, 4.69) is 44.1 Å². The molecule has 32 heavy (non-hydrogen) atoms. The minimum absolute atomic E-state index is 0.0527. The van der Waals surface area contributed by atoms with E-state index < -0.39 is 10.0 Å². The van der Waals surface area contributed by atoms with Crippen LogP contribution in [0.5, 0.6) is 5.75 Å². The fourth-order valence-corrected chi connectivity index (χ4v) is 4.61. The maximum atomic E-state index is 12.3. The monoisotopic (exact) mass is 460 g/mol. The molecule has 8 nitrogen and oxygen atoms in total. The van der Waals surface area contributed by atoms with E-state index in [1.807, 2.05) is 13.0 Å². The molecule has 1 aliphatic rings. The van der Waals surface area contributed by atoms with Crippen LogP contribution >= 0.6 is 0 Å². The summed E-state index contributed by atoms with van der Waals surface area (Å²) in [7, 11) is -3.65.